The molecule has 7 atom stereocenters. The van der Waals surface area contributed by atoms with E-state index in [1.54, 1.807) is 0 Å². The van der Waals surface area contributed by atoms with Crippen LogP contribution in [0.15, 0.2) is 0 Å². The van der Waals surface area contributed by atoms with Gasteiger partial charge in [-0.2, -0.15) is 0 Å². The zero-order valence-electron chi connectivity index (χ0n) is 11.6. The van der Waals surface area contributed by atoms with E-state index in [2.05, 4.69) is 0 Å². The molecule has 4 nitrogen and oxygen atoms in total. The van der Waals surface area contributed by atoms with Gasteiger partial charge in [0.2, 0.25) is 0 Å². The van der Waals surface area contributed by atoms with Gasteiger partial charge in [0.25, 0.3) is 0 Å². The minimum absolute atomic E-state index is 0.0432. The van der Waals surface area contributed by atoms with Crippen molar-refractivity contribution in [1.82, 2.24) is 0 Å². The van der Waals surface area contributed by atoms with Crippen molar-refractivity contribution >= 4 is 11.9 Å². The van der Waals surface area contributed by atoms with Gasteiger partial charge in [-0.05, 0) is 38.5 Å². The summed E-state index contributed by atoms with van der Waals surface area (Å²) in [6, 6.07) is 0. The van der Waals surface area contributed by atoms with Gasteiger partial charge in [-0.15, -0.1) is 0 Å². The Morgan fingerprint density at radius 1 is 1.37 bits per heavy atom. The lowest BCUT2D eigenvalue weighted by molar-refractivity contribution is -0.175. The van der Waals surface area contributed by atoms with E-state index in [-0.39, 0.29) is 30.1 Å². The van der Waals surface area contributed by atoms with Crippen LogP contribution in [0.3, 0.4) is 0 Å². The molecule has 1 heterocycles. The molecule has 0 amide bonds. The summed E-state index contributed by atoms with van der Waals surface area (Å²) in [5, 5.41) is 0. The highest BCUT2D eigenvalue weighted by molar-refractivity contribution is 5.79. The third-order valence-electron chi connectivity index (χ3n) is 6.04. The van der Waals surface area contributed by atoms with Crippen molar-refractivity contribution in [1.29, 1.82) is 0 Å². The quantitative estimate of drug-likeness (QED) is 0.729. The molecule has 0 aromatic rings. The molecule has 7 unspecified atom stereocenters. The minimum Gasteiger partial charge on any atom is -0.458 e. The van der Waals surface area contributed by atoms with Gasteiger partial charge in [-0.1, -0.05) is 6.92 Å². The van der Waals surface area contributed by atoms with E-state index < -0.39 is 5.41 Å². The lowest BCUT2D eigenvalue weighted by atomic mass is 9.76. The van der Waals surface area contributed by atoms with Crippen molar-refractivity contribution < 1.29 is 19.1 Å². The van der Waals surface area contributed by atoms with Crippen LogP contribution in [0.4, 0.5) is 0 Å². The Kier molecular flexibility index (Phi) is 2.06. The molecule has 19 heavy (non-hydrogen) atoms. The summed E-state index contributed by atoms with van der Waals surface area (Å²) in [6.07, 6.45) is 1.53. The molecule has 1 saturated heterocycles. The van der Waals surface area contributed by atoms with Crippen molar-refractivity contribution in [2.24, 2.45) is 35.0 Å². The second-order valence-electron chi connectivity index (χ2n) is 7.25. The van der Waals surface area contributed by atoms with Gasteiger partial charge >= 0.3 is 11.9 Å². The van der Waals surface area contributed by atoms with Crippen molar-refractivity contribution in [2.45, 2.75) is 45.8 Å². The summed E-state index contributed by atoms with van der Waals surface area (Å²) in [6.45, 7) is 5.81. The van der Waals surface area contributed by atoms with Crippen LogP contribution in [-0.4, -0.2) is 24.1 Å². The lowest BCUT2D eigenvalue weighted by Crippen LogP contribution is -2.45. The maximum absolute atomic E-state index is 12.2. The topological polar surface area (TPSA) is 52.6 Å². The largest absolute Gasteiger partial charge is 0.458 e. The van der Waals surface area contributed by atoms with Crippen molar-refractivity contribution in [3.8, 4) is 0 Å². The van der Waals surface area contributed by atoms with E-state index in [0.717, 1.165) is 12.8 Å². The highest BCUT2D eigenvalue weighted by Crippen LogP contribution is 2.72. The van der Waals surface area contributed by atoms with Crippen LogP contribution < -0.4 is 0 Å². The van der Waals surface area contributed by atoms with Crippen LogP contribution in [0.1, 0.15) is 33.6 Å². The van der Waals surface area contributed by atoms with E-state index >= 15 is 0 Å². The van der Waals surface area contributed by atoms with Crippen LogP contribution >= 0.6 is 0 Å². The standard InChI is InChI=1S/C15H20O4/c1-4-15(2,3)14(17)19-12-9-6-5-7-10(8(6)9)13(16)18-11(7)12/h6-12H,4-5H2,1-3H3. The van der Waals surface area contributed by atoms with Crippen molar-refractivity contribution in [3.63, 3.8) is 0 Å². The molecule has 104 valence electrons. The second kappa shape index (κ2) is 3.33. The second-order valence-corrected chi connectivity index (χ2v) is 7.25. The Hall–Kier alpha value is -1.06. The van der Waals surface area contributed by atoms with Crippen molar-refractivity contribution in [3.05, 3.63) is 0 Å². The molecule has 0 aromatic carbocycles. The predicted octanol–water partition coefficient (Wildman–Crippen LogP) is 1.77. The average Bonchev–Trinajstić information content (AvgIpc) is 2.84. The lowest BCUT2D eigenvalue weighted by Gasteiger charge is -2.35. The molecule has 0 aromatic heterocycles. The highest BCUT2D eigenvalue weighted by atomic mass is 16.6. The summed E-state index contributed by atoms with van der Waals surface area (Å²) < 4.78 is 11.2. The van der Waals surface area contributed by atoms with Gasteiger partial charge in [0.05, 0.1) is 11.3 Å². The van der Waals surface area contributed by atoms with Crippen LogP contribution in [0.2, 0.25) is 0 Å². The number of hydrogen-bond donors (Lipinski definition) is 0. The smallest absolute Gasteiger partial charge is 0.311 e. The molecular formula is C15H20O4. The molecule has 4 aliphatic carbocycles. The fourth-order valence-electron chi connectivity index (χ4n) is 4.53. The van der Waals surface area contributed by atoms with Crippen LogP contribution in [0, 0.1) is 35.0 Å². The zero-order chi connectivity index (χ0) is 13.5. The molecule has 5 rings (SSSR count). The van der Waals surface area contributed by atoms with Gasteiger partial charge < -0.3 is 9.47 Å². The van der Waals surface area contributed by atoms with E-state index in [4.69, 9.17) is 9.47 Å². The summed E-state index contributed by atoms with van der Waals surface area (Å²) in [5.41, 5.74) is -0.450. The molecule has 5 fully saturated rings. The average molecular weight is 264 g/mol. The first-order valence-electron chi connectivity index (χ1n) is 7.37. The first-order chi connectivity index (χ1) is 8.95. The number of carbonyl (C=O) groups is 2. The predicted molar refractivity (Wildman–Crippen MR) is 65.9 cm³/mol. The number of carbonyl (C=O) groups excluding carboxylic acids is 2. The first kappa shape index (κ1) is 11.7. The van der Waals surface area contributed by atoms with Gasteiger partial charge in [0.1, 0.15) is 12.2 Å². The Morgan fingerprint density at radius 3 is 2.79 bits per heavy atom. The Labute approximate surface area is 112 Å². The zero-order valence-corrected chi connectivity index (χ0v) is 11.6. The maximum atomic E-state index is 12.2. The Morgan fingerprint density at radius 2 is 2.11 bits per heavy atom. The van der Waals surface area contributed by atoms with Gasteiger partial charge in [0, 0.05) is 11.8 Å². The monoisotopic (exact) mass is 264 g/mol. The number of rotatable bonds is 3. The molecule has 4 heteroatoms. The summed E-state index contributed by atoms with van der Waals surface area (Å²) >= 11 is 0. The van der Waals surface area contributed by atoms with E-state index in [0.29, 0.717) is 23.7 Å². The van der Waals surface area contributed by atoms with E-state index in [1.807, 2.05) is 20.8 Å². The Bertz CT molecular complexity index is 469. The fourth-order valence-corrected chi connectivity index (χ4v) is 4.53. The third kappa shape index (κ3) is 1.30. The van der Waals surface area contributed by atoms with Crippen LogP contribution in [0.5, 0.6) is 0 Å². The summed E-state index contributed by atoms with van der Waals surface area (Å²) in [7, 11) is 0. The highest BCUT2D eigenvalue weighted by Gasteiger charge is 2.78. The Balaban J connectivity index is 1.56. The maximum Gasteiger partial charge on any atom is 0.311 e. The SMILES string of the molecule is CCC(C)(C)C(=O)OC1C2OC(=O)C3C2CC2C1C23. The van der Waals surface area contributed by atoms with Crippen molar-refractivity contribution in [2.75, 3.05) is 0 Å². The molecule has 0 radical (unpaired) electrons. The minimum atomic E-state index is -0.450. The summed E-state index contributed by atoms with van der Waals surface area (Å²) in [4.78, 5) is 24.1. The first-order valence-corrected chi connectivity index (χ1v) is 7.37. The normalized spacial score (nSPS) is 49.0. The number of esters is 2. The number of hydrogen-bond acceptors (Lipinski definition) is 4. The molecule has 6 bridgehead atoms. The molecule has 0 N–H and O–H groups in total. The molecule has 1 aliphatic heterocycles. The van der Waals surface area contributed by atoms with Gasteiger partial charge in [-0.25, -0.2) is 0 Å². The molecule has 5 aliphatic rings. The summed E-state index contributed by atoms with van der Waals surface area (Å²) in [5.74, 6) is 1.69. The van der Waals surface area contributed by atoms with E-state index in [1.165, 1.54) is 0 Å². The number of ether oxygens (including phenoxy) is 2. The van der Waals surface area contributed by atoms with E-state index in [9.17, 15) is 9.59 Å². The van der Waals surface area contributed by atoms with Gasteiger partial charge in [-0.3, -0.25) is 9.59 Å². The van der Waals surface area contributed by atoms with Crippen LogP contribution in [0.25, 0.3) is 0 Å². The van der Waals surface area contributed by atoms with Crippen LogP contribution in [-0.2, 0) is 19.1 Å². The molecule has 4 saturated carbocycles. The third-order valence-corrected chi connectivity index (χ3v) is 6.04. The molecular weight excluding hydrogens is 244 g/mol. The fraction of sp³-hybridized carbons (Fsp3) is 0.867. The molecule has 0 spiro atoms. The van der Waals surface area contributed by atoms with Gasteiger partial charge in [0.15, 0.2) is 0 Å².